The molecule has 0 fully saturated rings. The van der Waals surface area contributed by atoms with E-state index in [2.05, 4.69) is 0 Å². The molecule has 146 valence electrons. The molecule has 0 aliphatic heterocycles. The van der Waals surface area contributed by atoms with Gasteiger partial charge in [-0.2, -0.15) is 0 Å². The molecule has 0 aliphatic carbocycles. The van der Waals surface area contributed by atoms with Crippen molar-refractivity contribution in [2.75, 3.05) is 20.3 Å². The van der Waals surface area contributed by atoms with Crippen LogP contribution in [0.2, 0.25) is 0 Å². The molecule has 0 aromatic rings. The fourth-order valence-corrected chi connectivity index (χ4v) is 2.45. The molecule has 0 aromatic heterocycles. The van der Waals surface area contributed by atoms with Crippen LogP contribution < -0.4 is 0 Å². The van der Waals surface area contributed by atoms with Crippen LogP contribution in [0, 0.1) is 16.2 Å². The summed E-state index contributed by atoms with van der Waals surface area (Å²) in [5, 5.41) is 0. The first-order valence-electron chi connectivity index (χ1n) is 8.79. The van der Waals surface area contributed by atoms with Gasteiger partial charge in [0.05, 0.1) is 23.4 Å². The molecule has 0 rings (SSSR count). The van der Waals surface area contributed by atoms with E-state index in [1.165, 1.54) is 7.11 Å². The first-order chi connectivity index (χ1) is 11.4. The zero-order valence-corrected chi connectivity index (χ0v) is 17.0. The molecular formula is C19H34O6. The van der Waals surface area contributed by atoms with Gasteiger partial charge in [0, 0.05) is 0 Å². The summed E-state index contributed by atoms with van der Waals surface area (Å²) in [6.07, 6.45) is 1.50. The monoisotopic (exact) mass is 358 g/mol. The number of methoxy groups -OCH3 is 1. The molecule has 0 amide bonds. The van der Waals surface area contributed by atoms with Crippen LogP contribution >= 0.6 is 0 Å². The van der Waals surface area contributed by atoms with Crippen LogP contribution in [-0.2, 0) is 28.6 Å². The minimum Gasteiger partial charge on any atom is -0.469 e. The maximum atomic E-state index is 12.5. The average Bonchev–Trinajstić information content (AvgIpc) is 2.56. The smallest absolute Gasteiger partial charge is 0.311 e. The summed E-state index contributed by atoms with van der Waals surface area (Å²) in [6.45, 7) is 12.7. The molecule has 0 heterocycles. The van der Waals surface area contributed by atoms with Gasteiger partial charge in [0.1, 0.15) is 13.2 Å². The van der Waals surface area contributed by atoms with E-state index in [1.807, 2.05) is 27.7 Å². The molecule has 6 nitrogen and oxygen atoms in total. The average molecular weight is 358 g/mol. The lowest BCUT2D eigenvalue weighted by atomic mass is 9.72. The summed E-state index contributed by atoms with van der Waals surface area (Å²) in [7, 11) is 1.33. The van der Waals surface area contributed by atoms with Crippen molar-refractivity contribution in [2.45, 2.75) is 67.7 Å². The van der Waals surface area contributed by atoms with E-state index in [4.69, 9.17) is 14.2 Å². The highest BCUT2D eigenvalue weighted by molar-refractivity contribution is 5.80. The minimum atomic E-state index is -0.815. The third-order valence-electron chi connectivity index (χ3n) is 4.83. The lowest BCUT2D eigenvalue weighted by Gasteiger charge is -2.33. The number of hydrogen-bond acceptors (Lipinski definition) is 6. The Morgan fingerprint density at radius 3 is 1.60 bits per heavy atom. The lowest BCUT2D eigenvalue weighted by molar-refractivity contribution is -0.166. The summed E-state index contributed by atoms with van der Waals surface area (Å²) >= 11 is 0. The van der Waals surface area contributed by atoms with E-state index in [0.29, 0.717) is 19.3 Å². The number of ether oxygens (including phenoxy) is 3. The fourth-order valence-electron chi connectivity index (χ4n) is 2.45. The second-order valence-electron chi connectivity index (χ2n) is 7.98. The van der Waals surface area contributed by atoms with E-state index < -0.39 is 22.2 Å². The molecule has 0 saturated heterocycles. The molecule has 1 atom stereocenters. The van der Waals surface area contributed by atoms with Gasteiger partial charge >= 0.3 is 17.9 Å². The first-order valence-corrected chi connectivity index (χ1v) is 8.79. The van der Waals surface area contributed by atoms with Crippen LogP contribution in [0.1, 0.15) is 67.7 Å². The maximum Gasteiger partial charge on any atom is 0.311 e. The highest BCUT2D eigenvalue weighted by Gasteiger charge is 2.42. The van der Waals surface area contributed by atoms with Gasteiger partial charge in [-0.05, 0) is 53.9 Å². The van der Waals surface area contributed by atoms with Gasteiger partial charge in [-0.3, -0.25) is 14.4 Å². The summed E-state index contributed by atoms with van der Waals surface area (Å²) in [4.78, 5) is 36.2. The van der Waals surface area contributed by atoms with Crippen LogP contribution in [0.15, 0.2) is 0 Å². The number of rotatable bonds is 10. The normalized spacial score (nSPS) is 14.4. The summed E-state index contributed by atoms with van der Waals surface area (Å²) in [5.74, 6) is -1.08. The Hall–Kier alpha value is -1.59. The molecule has 0 radical (unpaired) electrons. The molecule has 0 aliphatic rings. The Morgan fingerprint density at radius 2 is 1.20 bits per heavy atom. The third kappa shape index (κ3) is 6.67. The van der Waals surface area contributed by atoms with Gasteiger partial charge in [-0.25, -0.2) is 0 Å². The molecule has 0 bridgehead atoms. The summed E-state index contributed by atoms with van der Waals surface area (Å²) in [6, 6.07) is 0. The van der Waals surface area contributed by atoms with Crippen LogP contribution in [0.25, 0.3) is 0 Å². The second-order valence-corrected chi connectivity index (χ2v) is 7.98. The van der Waals surface area contributed by atoms with E-state index in [0.717, 1.165) is 0 Å². The largest absolute Gasteiger partial charge is 0.469 e. The standard InChI is InChI=1S/C19H34O6/c1-9-17(3,4)15(21)24-11-12-25-16(22)19(7,10-2)13-18(5,6)14(20)23-8/h9-13H2,1-8H3. The van der Waals surface area contributed by atoms with Crippen molar-refractivity contribution in [1.82, 2.24) is 0 Å². The van der Waals surface area contributed by atoms with E-state index >= 15 is 0 Å². The quantitative estimate of drug-likeness (QED) is 0.338. The Kier molecular flexibility index (Phi) is 8.62. The van der Waals surface area contributed by atoms with Crippen molar-refractivity contribution in [3.05, 3.63) is 0 Å². The van der Waals surface area contributed by atoms with Crippen molar-refractivity contribution >= 4 is 17.9 Å². The van der Waals surface area contributed by atoms with Crippen molar-refractivity contribution in [3.8, 4) is 0 Å². The van der Waals surface area contributed by atoms with Crippen molar-refractivity contribution in [1.29, 1.82) is 0 Å². The molecular weight excluding hydrogens is 324 g/mol. The molecule has 1 unspecified atom stereocenters. The maximum absolute atomic E-state index is 12.5. The van der Waals surface area contributed by atoms with Crippen molar-refractivity contribution in [3.63, 3.8) is 0 Å². The highest BCUT2D eigenvalue weighted by Crippen LogP contribution is 2.38. The van der Waals surface area contributed by atoms with Crippen LogP contribution in [0.4, 0.5) is 0 Å². The van der Waals surface area contributed by atoms with Gasteiger partial charge < -0.3 is 14.2 Å². The highest BCUT2D eigenvalue weighted by atomic mass is 16.6. The van der Waals surface area contributed by atoms with Gasteiger partial charge in [0.15, 0.2) is 0 Å². The Balaban J connectivity index is 4.65. The Morgan fingerprint density at radius 1 is 0.720 bits per heavy atom. The number of esters is 3. The SMILES string of the molecule is CCC(C)(C)C(=O)OCCOC(=O)C(C)(CC)CC(C)(C)C(=O)OC. The zero-order valence-electron chi connectivity index (χ0n) is 17.0. The van der Waals surface area contributed by atoms with E-state index in [-0.39, 0.29) is 25.2 Å². The number of carbonyl (C=O) groups excluding carboxylic acids is 3. The molecule has 0 aromatic carbocycles. The van der Waals surface area contributed by atoms with Gasteiger partial charge in [0.25, 0.3) is 0 Å². The van der Waals surface area contributed by atoms with Gasteiger partial charge in [0.2, 0.25) is 0 Å². The topological polar surface area (TPSA) is 78.9 Å². The molecule has 6 heteroatoms. The molecule has 0 N–H and O–H groups in total. The molecule has 0 spiro atoms. The fraction of sp³-hybridized carbons (Fsp3) is 0.842. The summed E-state index contributed by atoms with van der Waals surface area (Å²) in [5.41, 5.74) is -2.16. The van der Waals surface area contributed by atoms with Crippen molar-refractivity contribution in [2.24, 2.45) is 16.2 Å². The zero-order chi connectivity index (χ0) is 19.9. The number of carbonyl (C=O) groups is 3. The van der Waals surface area contributed by atoms with E-state index in [9.17, 15) is 14.4 Å². The molecule has 25 heavy (non-hydrogen) atoms. The summed E-state index contributed by atoms with van der Waals surface area (Å²) < 4.78 is 15.3. The third-order valence-corrected chi connectivity index (χ3v) is 4.83. The lowest BCUT2D eigenvalue weighted by Crippen LogP contribution is -2.38. The van der Waals surface area contributed by atoms with Crippen LogP contribution in [0.3, 0.4) is 0 Å². The first kappa shape index (κ1) is 23.4. The van der Waals surface area contributed by atoms with Crippen LogP contribution in [0.5, 0.6) is 0 Å². The minimum absolute atomic E-state index is 0.00138. The molecule has 0 saturated carbocycles. The predicted molar refractivity (Wildman–Crippen MR) is 94.8 cm³/mol. The van der Waals surface area contributed by atoms with Gasteiger partial charge in [-0.15, -0.1) is 0 Å². The Bertz CT molecular complexity index is 480. The second kappa shape index (κ2) is 9.20. The van der Waals surface area contributed by atoms with E-state index in [1.54, 1.807) is 20.8 Å². The van der Waals surface area contributed by atoms with Crippen molar-refractivity contribution < 1.29 is 28.6 Å². The Labute approximate surface area is 151 Å². The predicted octanol–water partition coefficient (Wildman–Crippen LogP) is 3.51. The van der Waals surface area contributed by atoms with Gasteiger partial charge in [-0.1, -0.05) is 13.8 Å². The number of hydrogen-bond donors (Lipinski definition) is 0. The van der Waals surface area contributed by atoms with Crippen LogP contribution in [-0.4, -0.2) is 38.2 Å².